The fourth-order valence-corrected chi connectivity index (χ4v) is 1.89. The number of para-hydroxylation sites is 2. The monoisotopic (exact) mass is 309 g/mol. The molecule has 6 heteroatoms. The predicted octanol–water partition coefficient (Wildman–Crippen LogP) is 2.22. The summed E-state index contributed by atoms with van der Waals surface area (Å²) in [6.07, 6.45) is 2.02. The molecule has 1 rings (SSSR count). The number of unbranched alkanes of at least 4 members (excludes halogenated alkanes) is 1. The molecule has 122 valence electrons. The summed E-state index contributed by atoms with van der Waals surface area (Å²) < 4.78 is 10.8. The third kappa shape index (κ3) is 6.03. The standard InChI is InChI=1S/C16H23NO5/c1-3-5-8-12(16(19)20)17-15(18)11-22-14-10-7-6-9-13(14)21-4-2/h6-7,9-10,12H,3-5,8,11H2,1-2H3,(H,17,18)(H,19,20)/t12-/m0/s1. The van der Waals surface area contributed by atoms with Gasteiger partial charge in [0.1, 0.15) is 6.04 Å². The van der Waals surface area contributed by atoms with Crippen molar-refractivity contribution in [2.24, 2.45) is 0 Å². The summed E-state index contributed by atoms with van der Waals surface area (Å²) in [6, 6.07) is 6.15. The van der Waals surface area contributed by atoms with Gasteiger partial charge in [-0.2, -0.15) is 0 Å². The number of hydrogen-bond acceptors (Lipinski definition) is 4. The topological polar surface area (TPSA) is 84.9 Å². The van der Waals surface area contributed by atoms with Crippen molar-refractivity contribution in [1.82, 2.24) is 5.32 Å². The zero-order valence-corrected chi connectivity index (χ0v) is 13.0. The molecule has 1 aromatic rings. The third-order valence-corrected chi connectivity index (χ3v) is 2.99. The van der Waals surface area contributed by atoms with Crippen LogP contribution in [-0.2, 0) is 9.59 Å². The van der Waals surface area contributed by atoms with Gasteiger partial charge in [0.15, 0.2) is 18.1 Å². The lowest BCUT2D eigenvalue weighted by molar-refractivity contribution is -0.142. The van der Waals surface area contributed by atoms with E-state index in [2.05, 4.69) is 5.32 Å². The number of ether oxygens (including phenoxy) is 2. The van der Waals surface area contributed by atoms with Crippen molar-refractivity contribution < 1.29 is 24.2 Å². The van der Waals surface area contributed by atoms with Crippen LogP contribution in [0, 0.1) is 0 Å². The van der Waals surface area contributed by atoms with Crippen LogP contribution in [0.25, 0.3) is 0 Å². The van der Waals surface area contributed by atoms with E-state index in [4.69, 9.17) is 14.6 Å². The van der Waals surface area contributed by atoms with Gasteiger partial charge in [-0.15, -0.1) is 0 Å². The molecule has 0 radical (unpaired) electrons. The molecule has 0 bridgehead atoms. The number of hydrogen-bond donors (Lipinski definition) is 2. The quantitative estimate of drug-likeness (QED) is 0.692. The Hall–Kier alpha value is -2.24. The molecule has 0 aliphatic heterocycles. The highest BCUT2D eigenvalue weighted by molar-refractivity contribution is 5.84. The molecule has 6 nitrogen and oxygen atoms in total. The molecule has 22 heavy (non-hydrogen) atoms. The summed E-state index contributed by atoms with van der Waals surface area (Å²) in [5.41, 5.74) is 0. The second kappa shape index (κ2) is 9.65. The number of nitrogens with one attached hydrogen (secondary N) is 1. The number of benzene rings is 1. The van der Waals surface area contributed by atoms with Gasteiger partial charge in [-0.3, -0.25) is 4.79 Å². The Morgan fingerprint density at radius 1 is 1.18 bits per heavy atom. The van der Waals surface area contributed by atoms with E-state index in [-0.39, 0.29) is 6.61 Å². The molecule has 0 aliphatic rings. The maximum absolute atomic E-state index is 11.8. The fourth-order valence-electron chi connectivity index (χ4n) is 1.89. The maximum atomic E-state index is 11.8. The molecule has 0 saturated carbocycles. The average Bonchev–Trinajstić information content (AvgIpc) is 2.50. The van der Waals surface area contributed by atoms with Gasteiger partial charge in [0.25, 0.3) is 5.91 Å². The molecule has 1 atom stereocenters. The Bertz CT molecular complexity index is 489. The van der Waals surface area contributed by atoms with Crippen LogP contribution in [0.4, 0.5) is 0 Å². The van der Waals surface area contributed by atoms with Crippen LogP contribution in [0.5, 0.6) is 11.5 Å². The van der Waals surface area contributed by atoms with Crippen molar-refractivity contribution in [3.8, 4) is 11.5 Å². The second-order valence-corrected chi connectivity index (χ2v) is 4.77. The minimum absolute atomic E-state index is 0.250. The first-order valence-electron chi connectivity index (χ1n) is 7.45. The Balaban J connectivity index is 2.53. The highest BCUT2D eigenvalue weighted by Gasteiger charge is 2.19. The van der Waals surface area contributed by atoms with Gasteiger partial charge in [0, 0.05) is 0 Å². The van der Waals surface area contributed by atoms with Crippen LogP contribution in [0.2, 0.25) is 0 Å². The van der Waals surface area contributed by atoms with E-state index in [1.54, 1.807) is 18.2 Å². The van der Waals surface area contributed by atoms with Crippen LogP contribution < -0.4 is 14.8 Å². The number of carbonyl (C=O) groups excluding carboxylic acids is 1. The van der Waals surface area contributed by atoms with E-state index in [0.29, 0.717) is 24.5 Å². The average molecular weight is 309 g/mol. The van der Waals surface area contributed by atoms with Gasteiger partial charge in [0.05, 0.1) is 6.61 Å². The number of aliphatic carboxylic acids is 1. The van der Waals surface area contributed by atoms with E-state index in [1.165, 1.54) is 0 Å². The van der Waals surface area contributed by atoms with E-state index in [0.717, 1.165) is 12.8 Å². The lowest BCUT2D eigenvalue weighted by Gasteiger charge is -2.15. The molecule has 0 spiro atoms. The van der Waals surface area contributed by atoms with Crippen molar-refractivity contribution in [3.05, 3.63) is 24.3 Å². The summed E-state index contributed by atoms with van der Waals surface area (Å²) in [4.78, 5) is 22.9. The van der Waals surface area contributed by atoms with Crippen LogP contribution in [-0.4, -0.2) is 36.2 Å². The fraction of sp³-hybridized carbons (Fsp3) is 0.500. The first-order valence-corrected chi connectivity index (χ1v) is 7.45. The number of rotatable bonds is 10. The number of amides is 1. The van der Waals surface area contributed by atoms with E-state index < -0.39 is 17.9 Å². The van der Waals surface area contributed by atoms with Crippen LogP contribution >= 0.6 is 0 Å². The summed E-state index contributed by atoms with van der Waals surface area (Å²) in [5.74, 6) is -0.482. The summed E-state index contributed by atoms with van der Waals surface area (Å²) in [7, 11) is 0. The Kier molecular flexibility index (Phi) is 7.81. The smallest absolute Gasteiger partial charge is 0.326 e. The Morgan fingerprint density at radius 3 is 2.36 bits per heavy atom. The van der Waals surface area contributed by atoms with Gasteiger partial charge >= 0.3 is 5.97 Å². The molecule has 1 aromatic carbocycles. The van der Waals surface area contributed by atoms with Crippen molar-refractivity contribution in [2.45, 2.75) is 39.2 Å². The van der Waals surface area contributed by atoms with Gasteiger partial charge in [0.2, 0.25) is 0 Å². The summed E-state index contributed by atoms with van der Waals surface area (Å²) in [5, 5.41) is 11.5. The first-order chi connectivity index (χ1) is 10.6. The van der Waals surface area contributed by atoms with Gasteiger partial charge in [-0.1, -0.05) is 31.9 Å². The molecular weight excluding hydrogens is 286 g/mol. The minimum Gasteiger partial charge on any atom is -0.490 e. The lowest BCUT2D eigenvalue weighted by Crippen LogP contribution is -2.42. The summed E-state index contributed by atoms with van der Waals surface area (Å²) >= 11 is 0. The van der Waals surface area contributed by atoms with Crippen molar-refractivity contribution in [2.75, 3.05) is 13.2 Å². The van der Waals surface area contributed by atoms with Crippen molar-refractivity contribution in [3.63, 3.8) is 0 Å². The summed E-state index contributed by atoms with van der Waals surface area (Å²) in [6.45, 7) is 4.06. The maximum Gasteiger partial charge on any atom is 0.326 e. The SMILES string of the molecule is CCCC[C@H](NC(=O)COc1ccccc1OCC)C(=O)O. The van der Waals surface area contributed by atoms with Crippen molar-refractivity contribution >= 4 is 11.9 Å². The van der Waals surface area contributed by atoms with E-state index in [1.807, 2.05) is 19.9 Å². The Morgan fingerprint density at radius 2 is 1.82 bits per heavy atom. The van der Waals surface area contributed by atoms with Gasteiger partial charge in [-0.25, -0.2) is 4.79 Å². The van der Waals surface area contributed by atoms with Gasteiger partial charge < -0.3 is 19.9 Å². The number of carbonyl (C=O) groups is 2. The zero-order valence-electron chi connectivity index (χ0n) is 13.0. The number of carboxylic acids is 1. The van der Waals surface area contributed by atoms with Crippen LogP contribution in [0.1, 0.15) is 33.1 Å². The molecule has 1 amide bonds. The molecule has 2 N–H and O–H groups in total. The zero-order chi connectivity index (χ0) is 16.4. The van der Waals surface area contributed by atoms with Crippen LogP contribution in [0.15, 0.2) is 24.3 Å². The molecule has 0 aliphatic carbocycles. The molecule has 0 fully saturated rings. The molecule has 0 heterocycles. The van der Waals surface area contributed by atoms with Crippen molar-refractivity contribution in [1.29, 1.82) is 0 Å². The van der Waals surface area contributed by atoms with E-state index in [9.17, 15) is 9.59 Å². The molecular formula is C16H23NO5. The molecule has 0 aromatic heterocycles. The normalized spacial score (nSPS) is 11.5. The minimum atomic E-state index is -1.03. The highest BCUT2D eigenvalue weighted by Crippen LogP contribution is 2.26. The molecule has 0 saturated heterocycles. The van der Waals surface area contributed by atoms with Gasteiger partial charge in [-0.05, 0) is 25.5 Å². The predicted molar refractivity (Wildman–Crippen MR) is 82.2 cm³/mol. The first kappa shape index (κ1) is 17.8. The van der Waals surface area contributed by atoms with Crippen LogP contribution in [0.3, 0.4) is 0 Å². The largest absolute Gasteiger partial charge is 0.490 e. The number of carboxylic acid groups (broad SMARTS) is 1. The Labute approximate surface area is 130 Å². The van der Waals surface area contributed by atoms with E-state index >= 15 is 0 Å². The highest BCUT2D eigenvalue weighted by atomic mass is 16.5. The molecule has 0 unspecified atom stereocenters. The lowest BCUT2D eigenvalue weighted by atomic mass is 10.1. The second-order valence-electron chi connectivity index (χ2n) is 4.77. The third-order valence-electron chi connectivity index (χ3n) is 2.99.